The van der Waals surface area contributed by atoms with Crippen LogP contribution in [0.1, 0.15) is 191 Å². The molecular weight excluding hydrogens is 728 g/mol. The number of hydrogen-bond acceptors (Lipinski definition) is 11. The third-order valence-electron chi connectivity index (χ3n) is 13.1. The fourth-order valence-corrected chi connectivity index (χ4v) is 9.60. The van der Waals surface area contributed by atoms with Crippen LogP contribution < -0.4 is 0 Å². The van der Waals surface area contributed by atoms with E-state index in [1.54, 1.807) is 20.8 Å². The van der Waals surface area contributed by atoms with E-state index in [9.17, 15) is 39.0 Å². The van der Waals surface area contributed by atoms with Gasteiger partial charge >= 0.3 is 17.9 Å². The quantitative estimate of drug-likeness (QED) is 0.110. The summed E-state index contributed by atoms with van der Waals surface area (Å²) in [6.07, 6.45) is 15.6. The Balaban J connectivity index is 0.000000336. The fourth-order valence-electron chi connectivity index (χ4n) is 9.60. The van der Waals surface area contributed by atoms with Gasteiger partial charge in [0.1, 0.15) is 54.4 Å². The van der Waals surface area contributed by atoms with Crippen molar-refractivity contribution in [3.8, 4) is 0 Å². The molecule has 0 spiro atoms. The monoisotopic (exact) mass is 807 g/mol. The van der Waals surface area contributed by atoms with Crippen LogP contribution in [0.2, 0.25) is 0 Å². The molecule has 0 saturated heterocycles. The van der Waals surface area contributed by atoms with Gasteiger partial charge < -0.3 is 24.4 Å². The highest BCUT2D eigenvalue weighted by Gasteiger charge is 2.42. The first kappa shape index (κ1) is 50.5. The molecule has 0 atom stereocenters. The number of Topliss-reactive ketones (excluding diaryl/α,β-unsaturated/α-hetero) is 3. The van der Waals surface area contributed by atoms with Crippen molar-refractivity contribution in [1.29, 1.82) is 0 Å². The number of ether oxygens (including phenoxy) is 3. The molecule has 328 valence electrons. The molecule has 57 heavy (non-hydrogen) atoms. The zero-order chi connectivity index (χ0) is 43.1. The van der Waals surface area contributed by atoms with Gasteiger partial charge in [-0.25, -0.2) is 0 Å². The topological polar surface area (TPSA) is 171 Å². The predicted octanol–water partition coefficient (Wildman–Crippen LogP) is 8.60. The molecule has 4 saturated carbocycles. The standard InChI is InChI=1S/C23H36O6.C15H28O2.C8H14O3/c1-15(24)13-21(26)28-19-9-5-17(6-10-19)23(3,4)18-7-11-20(12-8-18)29-22(27)14-16(2)25;1-15(2,11-3-7-13(16)8-4-11)12-5-9-14(17)10-6-12;1-6(9)5-7(10)11-8(2,3)4/h17-20H,5-14H2,1-4H3;11-14,16-17H,3-10H2,1-2H3;5H2,1-4H3. The number of rotatable bonds is 12. The first-order chi connectivity index (χ1) is 26.4. The zero-order valence-corrected chi connectivity index (χ0v) is 37.1. The first-order valence-electron chi connectivity index (χ1n) is 21.8. The summed E-state index contributed by atoms with van der Waals surface area (Å²) in [5.41, 5.74) is 0.0789. The van der Waals surface area contributed by atoms with Gasteiger partial charge in [-0.2, -0.15) is 0 Å². The molecule has 0 aromatic heterocycles. The molecule has 0 aliphatic heterocycles. The first-order valence-corrected chi connectivity index (χ1v) is 21.8. The van der Waals surface area contributed by atoms with Gasteiger partial charge in [-0.15, -0.1) is 0 Å². The molecule has 0 aromatic rings. The Morgan fingerprint density at radius 1 is 0.421 bits per heavy atom. The molecule has 11 heteroatoms. The number of carbonyl (C=O) groups is 6. The lowest BCUT2D eigenvalue weighted by Crippen LogP contribution is -2.39. The van der Waals surface area contributed by atoms with Crippen molar-refractivity contribution in [2.75, 3.05) is 0 Å². The Morgan fingerprint density at radius 2 is 0.667 bits per heavy atom. The van der Waals surface area contributed by atoms with Gasteiger partial charge in [-0.05, 0) is 179 Å². The second-order valence-corrected chi connectivity index (χ2v) is 19.8. The van der Waals surface area contributed by atoms with Gasteiger partial charge in [0.15, 0.2) is 0 Å². The second kappa shape index (κ2) is 23.2. The van der Waals surface area contributed by atoms with Crippen molar-refractivity contribution in [1.82, 2.24) is 0 Å². The van der Waals surface area contributed by atoms with E-state index in [1.165, 1.54) is 46.5 Å². The highest BCUT2D eigenvalue weighted by molar-refractivity contribution is 5.95. The van der Waals surface area contributed by atoms with Crippen LogP contribution in [0.25, 0.3) is 0 Å². The van der Waals surface area contributed by atoms with Gasteiger partial charge in [0.05, 0.1) is 12.2 Å². The van der Waals surface area contributed by atoms with Crippen LogP contribution in [-0.4, -0.2) is 75.5 Å². The number of aliphatic hydroxyl groups is 2. The largest absolute Gasteiger partial charge is 0.462 e. The van der Waals surface area contributed by atoms with Gasteiger partial charge in [0.2, 0.25) is 0 Å². The molecule has 0 heterocycles. The van der Waals surface area contributed by atoms with E-state index in [0.29, 0.717) is 17.3 Å². The average molecular weight is 807 g/mol. The minimum absolute atomic E-state index is 0.0461. The molecule has 0 aromatic carbocycles. The average Bonchev–Trinajstić information content (AvgIpc) is 3.08. The molecule has 0 unspecified atom stereocenters. The van der Waals surface area contributed by atoms with E-state index in [4.69, 9.17) is 14.2 Å². The van der Waals surface area contributed by atoms with Crippen molar-refractivity contribution >= 4 is 35.3 Å². The number of esters is 3. The van der Waals surface area contributed by atoms with Crippen LogP contribution in [0.4, 0.5) is 0 Å². The van der Waals surface area contributed by atoms with Crippen molar-refractivity contribution in [2.45, 2.75) is 221 Å². The second-order valence-electron chi connectivity index (χ2n) is 19.8. The third-order valence-corrected chi connectivity index (χ3v) is 13.1. The molecular formula is C46H78O11. The summed E-state index contributed by atoms with van der Waals surface area (Å²) in [5.74, 6) is 0.941. The van der Waals surface area contributed by atoms with E-state index in [2.05, 4.69) is 27.7 Å². The maximum Gasteiger partial charge on any atom is 0.313 e. The third kappa shape index (κ3) is 18.9. The molecule has 4 aliphatic carbocycles. The summed E-state index contributed by atoms with van der Waals surface area (Å²) in [7, 11) is 0. The zero-order valence-electron chi connectivity index (χ0n) is 37.1. The molecule has 11 nitrogen and oxygen atoms in total. The predicted molar refractivity (Wildman–Crippen MR) is 219 cm³/mol. The van der Waals surface area contributed by atoms with Crippen LogP contribution >= 0.6 is 0 Å². The lowest BCUT2D eigenvalue weighted by Gasteiger charge is -2.46. The maximum atomic E-state index is 11.7. The van der Waals surface area contributed by atoms with Crippen molar-refractivity contribution in [3.05, 3.63) is 0 Å². The fraction of sp³-hybridized carbons (Fsp3) is 0.870. The van der Waals surface area contributed by atoms with Crippen molar-refractivity contribution < 1.29 is 53.2 Å². The van der Waals surface area contributed by atoms with E-state index in [-0.39, 0.29) is 66.4 Å². The SMILES string of the molecule is CC(=O)CC(=O)OC(C)(C)C.CC(=O)CC(=O)OC1CCC(C(C)(C)C2CCC(OC(=O)CC(C)=O)CC2)CC1.CC(C)(C1CCC(O)CC1)C1CCC(O)CC1. The van der Waals surface area contributed by atoms with Crippen LogP contribution in [0.15, 0.2) is 0 Å². The van der Waals surface area contributed by atoms with Crippen molar-refractivity contribution in [3.63, 3.8) is 0 Å². The van der Waals surface area contributed by atoms with Crippen LogP contribution in [-0.2, 0) is 43.0 Å². The van der Waals surface area contributed by atoms with Gasteiger partial charge in [-0.1, -0.05) is 27.7 Å². The Hall–Kier alpha value is -2.66. The molecule has 4 rings (SSSR count). The highest BCUT2D eigenvalue weighted by Crippen LogP contribution is 2.50. The van der Waals surface area contributed by atoms with E-state index >= 15 is 0 Å². The highest BCUT2D eigenvalue weighted by atomic mass is 16.6. The number of ketones is 3. The normalized spacial score (nSPS) is 28.2. The Labute approximate surface area is 343 Å². The van der Waals surface area contributed by atoms with Crippen LogP contribution in [0.3, 0.4) is 0 Å². The maximum absolute atomic E-state index is 11.7. The summed E-state index contributed by atoms with van der Waals surface area (Å²) in [5, 5.41) is 19.2. The van der Waals surface area contributed by atoms with E-state index in [1.807, 2.05) is 0 Å². The van der Waals surface area contributed by atoms with Gasteiger partial charge in [0.25, 0.3) is 0 Å². The molecule has 4 aliphatic rings. The summed E-state index contributed by atoms with van der Waals surface area (Å²) >= 11 is 0. The lowest BCUT2D eigenvalue weighted by atomic mass is 9.60. The number of carbonyl (C=O) groups excluding carboxylic acids is 6. The summed E-state index contributed by atoms with van der Waals surface area (Å²) in [4.78, 5) is 66.8. The Morgan fingerprint density at radius 3 is 0.912 bits per heavy atom. The molecule has 0 amide bonds. The molecule has 0 bridgehead atoms. The molecule has 0 radical (unpaired) electrons. The number of hydrogen-bond donors (Lipinski definition) is 2. The minimum atomic E-state index is -0.494. The van der Waals surface area contributed by atoms with E-state index in [0.717, 1.165) is 88.9 Å². The van der Waals surface area contributed by atoms with Gasteiger partial charge in [-0.3, -0.25) is 28.8 Å². The summed E-state index contributed by atoms with van der Waals surface area (Å²) in [6, 6.07) is 0. The molecule has 4 fully saturated rings. The van der Waals surface area contributed by atoms with E-state index < -0.39 is 23.5 Å². The van der Waals surface area contributed by atoms with Crippen molar-refractivity contribution in [2.24, 2.45) is 34.5 Å². The number of aliphatic hydroxyl groups excluding tert-OH is 2. The summed E-state index contributed by atoms with van der Waals surface area (Å²) < 4.78 is 15.8. The van der Waals surface area contributed by atoms with Crippen LogP contribution in [0.5, 0.6) is 0 Å². The Bertz CT molecular complexity index is 1220. The lowest BCUT2D eigenvalue weighted by molar-refractivity contribution is -0.157. The Kier molecular flexibility index (Phi) is 20.6. The van der Waals surface area contributed by atoms with Crippen LogP contribution in [0, 0.1) is 34.5 Å². The van der Waals surface area contributed by atoms with Gasteiger partial charge in [0, 0.05) is 0 Å². The molecule has 2 N–H and O–H groups in total. The smallest absolute Gasteiger partial charge is 0.313 e. The minimum Gasteiger partial charge on any atom is -0.462 e. The summed E-state index contributed by atoms with van der Waals surface area (Å²) in [6.45, 7) is 19.0.